The first-order valence-electron chi connectivity index (χ1n) is 7.47. The first kappa shape index (κ1) is 15.9. The smallest absolute Gasteiger partial charge is 0.0589 e. The molecule has 0 saturated heterocycles. The summed E-state index contributed by atoms with van der Waals surface area (Å²) in [6.45, 7) is 13.2. The van der Waals surface area contributed by atoms with Crippen molar-refractivity contribution in [3.8, 4) is 0 Å². The summed E-state index contributed by atoms with van der Waals surface area (Å²) in [5.74, 6) is 0. The number of methoxy groups -OCH3 is 1. The number of rotatable bonds is 12. The van der Waals surface area contributed by atoms with Crippen LogP contribution < -0.4 is 5.32 Å². The van der Waals surface area contributed by atoms with Crippen LogP contribution in [0.2, 0.25) is 0 Å². The van der Waals surface area contributed by atoms with Crippen molar-refractivity contribution in [1.82, 2.24) is 15.1 Å². The fourth-order valence-electron chi connectivity index (χ4n) is 2.25. The summed E-state index contributed by atoms with van der Waals surface area (Å²) < 4.78 is 5.17. The van der Waals surface area contributed by atoms with Crippen molar-refractivity contribution in [2.24, 2.45) is 0 Å². The molecule has 0 spiro atoms. The van der Waals surface area contributed by atoms with Gasteiger partial charge in [-0.25, -0.2) is 0 Å². The van der Waals surface area contributed by atoms with Crippen LogP contribution in [0, 0.1) is 0 Å². The SMILES string of the molecule is CCN(CC)CCNCCN(CCOC)C1CC1. The number of ether oxygens (including phenoxy) is 1. The van der Waals surface area contributed by atoms with Gasteiger partial charge in [0.25, 0.3) is 0 Å². The number of likely N-dealkylation sites (N-methyl/N-ethyl adjacent to an activating group) is 1. The molecule has 0 amide bonds. The molecule has 4 nitrogen and oxygen atoms in total. The minimum Gasteiger partial charge on any atom is -0.383 e. The van der Waals surface area contributed by atoms with E-state index in [4.69, 9.17) is 4.74 Å². The lowest BCUT2D eigenvalue weighted by Gasteiger charge is -2.22. The molecule has 1 rings (SSSR count). The maximum atomic E-state index is 5.17. The van der Waals surface area contributed by atoms with Gasteiger partial charge in [-0.05, 0) is 25.9 Å². The second-order valence-corrected chi connectivity index (χ2v) is 5.04. The van der Waals surface area contributed by atoms with Crippen LogP contribution in [0.5, 0.6) is 0 Å². The highest BCUT2D eigenvalue weighted by Crippen LogP contribution is 2.25. The zero-order valence-corrected chi connectivity index (χ0v) is 12.5. The van der Waals surface area contributed by atoms with Crippen LogP contribution in [0.3, 0.4) is 0 Å². The molecule has 0 aromatic heterocycles. The van der Waals surface area contributed by atoms with Gasteiger partial charge in [0.05, 0.1) is 6.61 Å². The lowest BCUT2D eigenvalue weighted by Crippen LogP contribution is -2.38. The molecule has 0 atom stereocenters. The molecule has 0 aliphatic heterocycles. The van der Waals surface area contributed by atoms with Crippen LogP contribution in [0.1, 0.15) is 26.7 Å². The van der Waals surface area contributed by atoms with E-state index in [1.54, 1.807) is 7.11 Å². The van der Waals surface area contributed by atoms with Crippen molar-refractivity contribution in [2.75, 3.05) is 59.5 Å². The zero-order chi connectivity index (χ0) is 13.2. The van der Waals surface area contributed by atoms with Crippen molar-refractivity contribution in [3.05, 3.63) is 0 Å². The molecular formula is C14H31N3O. The quantitative estimate of drug-likeness (QED) is 0.529. The monoisotopic (exact) mass is 257 g/mol. The van der Waals surface area contributed by atoms with Crippen LogP contribution in [0.15, 0.2) is 0 Å². The van der Waals surface area contributed by atoms with Gasteiger partial charge in [-0.2, -0.15) is 0 Å². The molecule has 1 fully saturated rings. The first-order valence-corrected chi connectivity index (χ1v) is 7.47. The van der Waals surface area contributed by atoms with Crippen molar-refractivity contribution >= 4 is 0 Å². The Morgan fingerprint density at radius 1 is 1.06 bits per heavy atom. The zero-order valence-electron chi connectivity index (χ0n) is 12.5. The van der Waals surface area contributed by atoms with Gasteiger partial charge >= 0.3 is 0 Å². The predicted octanol–water partition coefficient (Wildman–Crippen LogP) is 1.03. The van der Waals surface area contributed by atoms with Gasteiger partial charge in [-0.3, -0.25) is 4.90 Å². The highest BCUT2D eigenvalue weighted by molar-refractivity contribution is 4.84. The highest BCUT2D eigenvalue weighted by Gasteiger charge is 2.27. The summed E-state index contributed by atoms with van der Waals surface area (Å²) in [6, 6.07) is 0.838. The van der Waals surface area contributed by atoms with Gasteiger partial charge in [-0.15, -0.1) is 0 Å². The number of nitrogens with one attached hydrogen (secondary N) is 1. The average molecular weight is 257 g/mol. The molecule has 0 radical (unpaired) electrons. The number of hydrogen-bond donors (Lipinski definition) is 1. The van der Waals surface area contributed by atoms with E-state index in [-0.39, 0.29) is 0 Å². The maximum absolute atomic E-state index is 5.17. The number of nitrogens with zero attached hydrogens (tertiary/aromatic N) is 2. The summed E-state index contributed by atoms with van der Waals surface area (Å²) in [5.41, 5.74) is 0. The third-order valence-corrected chi connectivity index (χ3v) is 3.72. The van der Waals surface area contributed by atoms with Crippen molar-refractivity contribution < 1.29 is 4.74 Å². The van der Waals surface area contributed by atoms with E-state index in [0.717, 1.165) is 58.5 Å². The molecule has 1 aliphatic rings. The van der Waals surface area contributed by atoms with E-state index in [9.17, 15) is 0 Å². The Morgan fingerprint density at radius 2 is 1.72 bits per heavy atom. The molecule has 1 aliphatic carbocycles. The largest absolute Gasteiger partial charge is 0.383 e. The van der Waals surface area contributed by atoms with Crippen LogP contribution >= 0.6 is 0 Å². The summed E-state index contributed by atoms with van der Waals surface area (Å²) in [4.78, 5) is 5.02. The van der Waals surface area contributed by atoms with Crippen molar-refractivity contribution in [3.63, 3.8) is 0 Å². The van der Waals surface area contributed by atoms with E-state index in [2.05, 4.69) is 29.0 Å². The van der Waals surface area contributed by atoms with Crippen LogP contribution in [0.25, 0.3) is 0 Å². The van der Waals surface area contributed by atoms with Gasteiger partial charge in [0.15, 0.2) is 0 Å². The third-order valence-electron chi connectivity index (χ3n) is 3.72. The van der Waals surface area contributed by atoms with E-state index in [1.807, 2.05) is 0 Å². The fraction of sp³-hybridized carbons (Fsp3) is 1.00. The molecule has 0 aromatic carbocycles. The minimum absolute atomic E-state index is 0.838. The van der Waals surface area contributed by atoms with Gasteiger partial charge in [-0.1, -0.05) is 13.8 Å². The molecule has 0 aromatic rings. The fourth-order valence-corrected chi connectivity index (χ4v) is 2.25. The molecular weight excluding hydrogens is 226 g/mol. The summed E-state index contributed by atoms with van der Waals surface area (Å²) in [7, 11) is 1.79. The van der Waals surface area contributed by atoms with Gasteiger partial charge in [0, 0.05) is 45.9 Å². The maximum Gasteiger partial charge on any atom is 0.0589 e. The lowest BCUT2D eigenvalue weighted by atomic mass is 10.4. The van der Waals surface area contributed by atoms with E-state index >= 15 is 0 Å². The molecule has 1 N–H and O–H groups in total. The topological polar surface area (TPSA) is 27.7 Å². The van der Waals surface area contributed by atoms with Gasteiger partial charge < -0.3 is 15.0 Å². The van der Waals surface area contributed by atoms with Gasteiger partial charge in [0.1, 0.15) is 0 Å². The molecule has 0 heterocycles. The number of hydrogen-bond acceptors (Lipinski definition) is 4. The van der Waals surface area contributed by atoms with Crippen LogP contribution in [0.4, 0.5) is 0 Å². The Kier molecular flexibility index (Phi) is 8.59. The third kappa shape index (κ3) is 6.69. The Balaban J connectivity index is 2.00. The second-order valence-electron chi connectivity index (χ2n) is 5.04. The highest BCUT2D eigenvalue weighted by atomic mass is 16.5. The van der Waals surface area contributed by atoms with Crippen LogP contribution in [-0.4, -0.2) is 75.4 Å². The Bertz CT molecular complexity index is 193. The summed E-state index contributed by atoms with van der Waals surface area (Å²) >= 11 is 0. The van der Waals surface area contributed by atoms with E-state index in [0.29, 0.717) is 0 Å². The summed E-state index contributed by atoms with van der Waals surface area (Å²) in [5, 5.41) is 3.55. The summed E-state index contributed by atoms with van der Waals surface area (Å²) in [6.07, 6.45) is 2.76. The Labute approximate surface area is 113 Å². The predicted molar refractivity (Wildman–Crippen MR) is 77.1 cm³/mol. The van der Waals surface area contributed by atoms with Gasteiger partial charge in [0.2, 0.25) is 0 Å². The Hall–Kier alpha value is -0.160. The normalized spacial score (nSPS) is 15.8. The lowest BCUT2D eigenvalue weighted by molar-refractivity contribution is 0.143. The van der Waals surface area contributed by atoms with E-state index < -0.39 is 0 Å². The van der Waals surface area contributed by atoms with Crippen molar-refractivity contribution in [2.45, 2.75) is 32.7 Å². The molecule has 0 bridgehead atoms. The molecule has 4 heteroatoms. The van der Waals surface area contributed by atoms with Crippen LogP contribution in [-0.2, 0) is 4.74 Å². The average Bonchev–Trinajstić information content (AvgIpc) is 3.21. The minimum atomic E-state index is 0.838. The molecule has 1 saturated carbocycles. The molecule has 108 valence electrons. The second kappa shape index (κ2) is 9.73. The molecule has 18 heavy (non-hydrogen) atoms. The Morgan fingerprint density at radius 3 is 2.28 bits per heavy atom. The molecule has 0 unspecified atom stereocenters. The standard InChI is InChI=1S/C14H31N3O/c1-4-16(5-2)10-8-15-9-11-17(12-13-18-3)14-6-7-14/h14-15H,4-13H2,1-3H3. The van der Waals surface area contributed by atoms with E-state index in [1.165, 1.54) is 12.8 Å². The van der Waals surface area contributed by atoms with Crippen molar-refractivity contribution in [1.29, 1.82) is 0 Å². The first-order chi connectivity index (χ1) is 8.81.